The van der Waals surface area contributed by atoms with Crippen molar-refractivity contribution < 1.29 is 4.55 Å². The van der Waals surface area contributed by atoms with E-state index in [0.717, 1.165) is 33.4 Å². The summed E-state index contributed by atoms with van der Waals surface area (Å²) in [6, 6.07) is 22.2. The predicted octanol–water partition coefficient (Wildman–Crippen LogP) is 4.97. The maximum absolute atomic E-state index is 13.1. The second-order valence-corrected chi connectivity index (χ2v) is 10.7. The van der Waals surface area contributed by atoms with E-state index in [4.69, 9.17) is 5.10 Å². The minimum absolute atomic E-state index is 0.174. The lowest BCUT2D eigenvalue weighted by Crippen LogP contribution is -2.42. The molecule has 0 aliphatic rings. The second kappa shape index (κ2) is 8.83. The lowest BCUT2D eigenvalue weighted by Gasteiger charge is -2.29. The fourth-order valence-electron chi connectivity index (χ4n) is 3.68. The van der Waals surface area contributed by atoms with Crippen LogP contribution in [-0.4, -0.2) is 24.1 Å². The summed E-state index contributed by atoms with van der Waals surface area (Å²) in [5.41, 5.74) is 5.07. The molecule has 160 valence electrons. The lowest BCUT2D eigenvalue weighted by atomic mass is 9.94. The zero-order valence-corrected chi connectivity index (χ0v) is 19.2. The number of aromatic nitrogens is 3. The topological polar surface area (TPSA) is 65.8 Å². The Bertz CT molecular complexity index is 1170. The standard InChI is InChI=1S/C25H28N4OS/c1-25(2,3)31(30)28-22(17-18-11-9-10-16-26-18)19-12-5-6-13-20(19)24-21-14-7-8-15-23(21)29(4)27-24/h5-16,22,28H,17H2,1-4H3/t22-,31-/m0/s1. The number of nitrogens with one attached hydrogen (secondary N) is 1. The molecular weight excluding hydrogens is 404 g/mol. The molecule has 2 atom stereocenters. The Balaban J connectivity index is 1.82. The van der Waals surface area contributed by atoms with Crippen molar-refractivity contribution in [2.24, 2.45) is 7.05 Å². The van der Waals surface area contributed by atoms with Gasteiger partial charge in [0.25, 0.3) is 0 Å². The summed E-state index contributed by atoms with van der Waals surface area (Å²) < 4.78 is 18.0. The third-order valence-corrected chi connectivity index (χ3v) is 6.90. The lowest BCUT2D eigenvalue weighted by molar-refractivity contribution is 0.521. The van der Waals surface area contributed by atoms with Gasteiger partial charge in [0.1, 0.15) is 10.4 Å². The number of para-hydroxylation sites is 1. The van der Waals surface area contributed by atoms with E-state index in [9.17, 15) is 4.55 Å². The molecular formula is C25H28N4OS. The first kappa shape index (κ1) is 21.6. The molecule has 0 fully saturated rings. The number of fused-ring (bicyclic) bond motifs is 1. The summed E-state index contributed by atoms with van der Waals surface area (Å²) in [5.74, 6) is 0. The summed E-state index contributed by atoms with van der Waals surface area (Å²) in [4.78, 5) is 4.51. The Labute approximate surface area is 186 Å². The first-order valence-electron chi connectivity index (χ1n) is 10.4. The number of aryl methyl sites for hydroxylation is 1. The number of rotatable bonds is 6. The Hall–Kier alpha value is -2.67. The highest BCUT2D eigenvalue weighted by Crippen LogP contribution is 2.34. The van der Waals surface area contributed by atoms with Gasteiger partial charge in [0, 0.05) is 47.7 Å². The van der Waals surface area contributed by atoms with Gasteiger partial charge in [0.15, 0.2) is 0 Å². The number of pyridine rings is 1. The SMILES string of the molecule is Cn1nc(-c2ccccc2[C@H](Cc2ccccn2)N[S@@+]([O-])C(C)(C)C)c2ccccc21. The van der Waals surface area contributed by atoms with Crippen LogP contribution in [0.2, 0.25) is 0 Å². The summed E-state index contributed by atoms with van der Waals surface area (Å²) >= 11 is -1.23. The summed E-state index contributed by atoms with van der Waals surface area (Å²) in [7, 11) is 1.97. The smallest absolute Gasteiger partial charge is 0.136 e. The summed E-state index contributed by atoms with van der Waals surface area (Å²) in [6.45, 7) is 5.93. The van der Waals surface area contributed by atoms with Crippen LogP contribution in [-0.2, 0) is 24.8 Å². The van der Waals surface area contributed by atoms with Crippen LogP contribution in [0.25, 0.3) is 22.2 Å². The molecule has 0 aliphatic carbocycles. The minimum atomic E-state index is -1.23. The highest BCUT2D eigenvalue weighted by molar-refractivity contribution is 7.90. The quantitative estimate of drug-likeness (QED) is 0.437. The Kier molecular flexibility index (Phi) is 6.14. The molecule has 1 N–H and O–H groups in total. The van der Waals surface area contributed by atoms with Crippen LogP contribution >= 0.6 is 0 Å². The van der Waals surface area contributed by atoms with Crippen LogP contribution in [0, 0.1) is 0 Å². The van der Waals surface area contributed by atoms with E-state index in [2.05, 4.69) is 34.0 Å². The first-order valence-corrected chi connectivity index (χ1v) is 11.6. The van der Waals surface area contributed by atoms with Crippen LogP contribution in [0.15, 0.2) is 72.9 Å². The van der Waals surface area contributed by atoms with E-state index in [0.29, 0.717) is 6.42 Å². The van der Waals surface area contributed by atoms with E-state index >= 15 is 0 Å². The van der Waals surface area contributed by atoms with Crippen LogP contribution in [0.4, 0.5) is 0 Å². The third kappa shape index (κ3) is 4.66. The summed E-state index contributed by atoms with van der Waals surface area (Å²) in [6.07, 6.45) is 2.43. The van der Waals surface area contributed by atoms with Gasteiger partial charge >= 0.3 is 0 Å². The van der Waals surface area contributed by atoms with Gasteiger partial charge in [-0.25, -0.2) is 0 Å². The van der Waals surface area contributed by atoms with Crippen LogP contribution < -0.4 is 4.72 Å². The van der Waals surface area contributed by atoms with E-state index < -0.39 is 11.4 Å². The molecule has 0 unspecified atom stereocenters. The molecule has 2 aromatic heterocycles. The minimum Gasteiger partial charge on any atom is -0.598 e. The number of hydrogen-bond acceptors (Lipinski definition) is 4. The van der Waals surface area contributed by atoms with Crippen molar-refractivity contribution >= 4 is 22.3 Å². The van der Waals surface area contributed by atoms with Gasteiger partial charge in [-0.05, 0) is 44.5 Å². The van der Waals surface area contributed by atoms with Crippen molar-refractivity contribution in [3.8, 4) is 11.3 Å². The van der Waals surface area contributed by atoms with Crippen LogP contribution in [0.1, 0.15) is 38.1 Å². The maximum Gasteiger partial charge on any atom is 0.136 e. The maximum atomic E-state index is 13.1. The van der Waals surface area contributed by atoms with Gasteiger partial charge in [-0.3, -0.25) is 9.67 Å². The monoisotopic (exact) mass is 432 g/mol. The molecule has 0 saturated heterocycles. The predicted molar refractivity (Wildman–Crippen MR) is 128 cm³/mol. The Morgan fingerprint density at radius 2 is 1.71 bits per heavy atom. The van der Waals surface area contributed by atoms with Gasteiger partial charge in [-0.2, -0.15) is 5.10 Å². The summed E-state index contributed by atoms with van der Waals surface area (Å²) in [5, 5.41) is 5.94. The van der Waals surface area contributed by atoms with Crippen molar-refractivity contribution in [3.63, 3.8) is 0 Å². The highest BCUT2D eigenvalue weighted by atomic mass is 32.2. The fraction of sp³-hybridized carbons (Fsp3) is 0.280. The largest absolute Gasteiger partial charge is 0.598 e. The fourth-order valence-corrected chi connectivity index (χ4v) is 4.50. The Morgan fingerprint density at radius 1 is 1.00 bits per heavy atom. The molecule has 31 heavy (non-hydrogen) atoms. The molecule has 4 aromatic rings. The molecule has 6 heteroatoms. The van der Waals surface area contributed by atoms with E-state index in [-0.39, 0.29) is 10.8 Å². The van der Waals surface area contributed by atoms with E-state index in [1.165, 1.54) is 0 Å². The third-order valence-electron chi connectivity index (χ3n) is 5.29. The van der Waals surface area contributed by atoms with Crippen LogP contribution in [0.5, 0.6) is 0 Å². The van der Waals surface area contributed by atoms with Crippen molar-refractivity contribution in [1.29, 1.82) is 0 Å². The number of nitrogens with zero attached hydrogens (tertiary/aromatic N) is 3. The molecule has 4 rings (SSSR count). The van der Waals surface area contributed by atoms with Crippen molar-refractivity contribution in [2.45, 2.75) is 38.0 Å². The molecule has 0 spiro atoms. The van der Waals surface area contributed by atoms with Gasteiger partial charge < -0.3 is 4.55 Å². The average Bonchev–Trinajstić information content (AvgIpc) is 3.10. The second-order valence-electron chi connectivity index (χ2n) is 8.65. The molecule has 0 radical (unpaired) electrons. The zero-order valence-electron chi connectivity index (χ0n) is 18.4. The normalized spacial score (nSPS) is 14.0. The van der Waals surface area contributed by atoms with Crippen molar-refractivity contribution in [3.05, 3.63) is 84.2 Å². The van der Waals surface area contributed by atoms with Crippen molar-refractivity contribution in [2.75, 3.05) is 0 Å². The molecule has 0 saturated carbocycles. The molecule has 5 nitrogen and oxygen atoms in total. The van der Waals surface area contributed by atoms with Gasteiger partial charge in [-0.1, -0.05) is 48.5 Å². The van der Waals surface area contributed by atoms with E-state index in [1.807, 2.05) is 75.0 Å². The average molecular weight is 433 g/mol. The molecule has 0 bridgehead atoms. The van der Waals surface area contributed by atoms with E-state index in [1.54, 1.807) is 6.20 Å². The number of benzene rings is 2. The van der Waals surface area contributed by atoms with Gasteiger partial charge in [0.05, 0.1) is 11.6 Å². The molecule has 0 aliphatic heterocycles. The van der Waals surface area contributed by atoms with Gasteiger partial charge in [-0.15, -0.1) is 4.72 Å². The number of hydrogen-bond donors (Lipinski definition) is 1. The molecule has 0 amide bonds. The van der Waals surface area contributed by atoms with Crippen molar-refractivity contribution in [1.82, 2.24) is 19.5 Å². The first-order chi connectivity index (χ1) is 14.8. The van der Waals surface area contributed by atoms with Gasteiger partial charge in [0.2, 0.25) is 0 Å². The molecule has 2 aromatic carbocycles. The molecule has 2 heterocycles. The highest BCUT2D eigenvalue weighted by Gasteiger charge is 2.31. The van der Waals surface area contributed by atoms with Crippen LogP contribution in [0.3, 0.4) is 0 Å². The Morgan fingerprint density at radius 3 is 2.45 bits per heavy atom. The zero-order chi connectivity index (χ0) is 22.0.